The average Bonchev–Trinajstić information content (AvgIpc) is 2.99. The van der Waals surface area contributed by atoms with Gasteiger partial charge in [-0.3, -0.25) is 9.99 Å². The van der Waals surface area contributed by atoms with Gasteiger partial charge in [0.1, 0.15) is 0 Å². The first kappa shape index (κ1) is 18.1. The molecule has 2 heterocycles. The van der Waals surface area contributed by atoms with Crippen LogP contribution >= 0.6 is 0 Å². The molecular weight excluding hydrogens is 346 g/mol. The van der Waals surface area contributed by atoms with Gasteiger partial charge in [-0.05, 0) is 36.6 Å². The van der Waals surface area contributed by atoms with E-state index in [1.54, 1.807) is 6.20 Å². The van der Waals surface area contributed by atoms with Crippen LogP contribution in [0.4, 0.5) is 5.69 Å². The number of aromatic hydroxyl groups is 1. The SMILES string of the molecule is CCCN(c1ccncc1C)n1c(O)c(Cc2ccccc2)c2ccccc21. The van der Waals surface area contributed by atoms with Gasteiger partial charge in [-0.1, -0.05) is 55.5 Å². The predicted octanol–water partition coefficient (Wildman–Crippen LogP) is 5.32. The molecule has 0 spiro atoms. The Morgan fingerprint density at radius 2 is 1.75 bits per heavy atom. The fraction of sp³-hybridized carbons (Fsp3) is 0.208. The number of nitrogens with zero attached hydrogens (tertiary/aromatic N) is 3. The minimum atomic E-state index is 0.301. The van der Waals surface area contributed by atoms with Crippen LogP contribution in [0.2, 0.25) is 0 Å². The summed E-state index contributed by atoms with van der Waals surface area (Å²) in [4.78, 5) is 4.23. The van der Waals surface area contributed by atoms with E-state index >= 15 is 0 Å². The van der Waals surface area contributed by atoms with Crippen molar-refractivity contribution in [1.29, 1.82) is 0 Å². The molecule has 2 aromatic heterocycles. The monoisotopic (exact) mass is 371 g/mol. The first-order chi connectivity index (χ1) is 13.7. The van der Waals surface area contributed by atoms with Crippen LogP contribution in [0.3, 0.4) is 0 Å². The van der Waals surface area contributed by atoms with Gasteiger partial charge in [0.25, 0.3) is 0 Å². The maximum atomic E-state index is 11.3. The minimum absolute atomic E-state index is 0.301. The van der Waals surface area contributed by atoms with Crippen LogP contribution in [0.1, 0.15) is 30.0 Å². The molecule has 0 aliphatic rings. The third-order valence-electron chi connectivity index (χ3n) is 5.10. The van der Waals surface area contributed by atoms with Crippen LogP contribution in [0.15, 0.2) is 73.1 Å². The highest BCUT2D eigenvalue weighted by Gasteiger charge is 2.22. The lowest BCUT2D eigenvalue weighted by atomic mass is 10.0. The molecule has 0 unspecified atom stereocenters. The Hall–Kier alpha value is -3.27. The van der Waals surface area contributed by atoms with Gasteiger partial charge >= 0.3 is 0 Å². The summed E-state index contributed by atoms with van der Waals surface area (Å²) < 4.78 is 1.96. The van der Waals surface area contributed by atoms with Crippen LogP contribution in [-0.4, -0.2) is 21.3 Å². The van der Waals surface area contributed by atoms with E-state index in [9.17, 15) is 5.11 Å². The molecule has 0 amide bonds. The molecular formula is C24H25N3O. The van der Waals surface area contributed by atoms with E-state index in [1.165, 1.54) is 5.56 Å². The molecule has 142 valence electrons. The highest BCUT2D eigenvalue weighted by Crippen LogP contribution is 2.35. The van der Waals surface area contributed by atoms with Crippen LogP contribution < -0.4 is 5.01 Å². The molecule has 4 nitrogen and oxygen atoms in total. The zero-order valence-corrected chi connectivity index (χ0v) is 16.3. The molecule has 1 N–H and O–H groups in total. The minimum Gasteiger partial charge on any atom is -0.493 e. The fourth-order valence-corrected chi connectivity index (χ4v) is 3.79. The molecule has 0 radical (unpaired) electrons. The van der Waals surface area contributed by atoms with Crippen molar-refractivity contribution >= 4 is 16.6 Å². The van der Waals surface area contributed by atoms with Crippen molar-refractivity contribution in [2.45, 2.75) is 26.7 Å². The lowest BCUT2D eigenvalue weighted by Crippen LogP contribution is -2.30. The lowest BCUT2D eigenvalue weighted by Gasteiger charge is -2.28. The van der Waals surface area contributed by atoms with Crippen LogP contribution in [0.25, 0.3) is 10.9 Å². The summed E-state index contributed by atoms with van der Waals surface area (Å²) in [5, 5.41) is 14.6. The summed E-state index contributed by atoms with van der Waals surface area (Å²) in [5.74, 6) is 0.301. The van der Waals surface area contributed by atoms with Crippen LogP contribution in [-0.2, 0) is 6.42 Å². The first-order valence-electron chi connectivity index (χ1n) is 9.74. The summed E-state index contributed by atoms with van der Waals surface area (Å²) in [6.45, 7) is 5.00. The van der Waals surface area contributed by atoms with E-state index in [0.717, 1.165) is 40.7 Å². The second-order valence-corrected chi connectivity index (χ2v) is 7.08. The standard InChI is InChI=1S/C24H25N3O/c1-3-15-26(22-13-14-25-17-18(22)2)27-23-12-8-7-11-20(23)21(24(27)28)16-19-9-5-4-6-10-19/h4-14,17,28H,3,15-16H2,1-2H3. The summed E-state index contributed by atoms with van der Waals surface area (Å²) in [7, 11) is 0. The second kappa shape index (κ2) is 7.77. The second-order valence-electron chi connectivity index (χ2n) is 7.08. The number of fused-ring (bicyclic) bond motifs is 1. The smallest absolute Gasteiger partial charge is 0.215 e. The summed E-state index contributed by atoms with van der Waals surface area (Å²) in [6, 6.07) is 20.5. The van der Waals surface area contributed by atoms with Crippen LogP contribution in [0, 0.1) is 6.92 Å². The highest BCUT2D eigenvalue weighted by atomic mass is 16.3. The van der Waals surface area contributed by atoms with E-state index < -0.39 is 0 Å². The van der Waals surface area contributed by atoms with E-state index in [-0.39, 0.29) is 0 Å². The largest absolute Gasteiger partial charge is 0.493 e. The fourth-order valence-electron chi connectivity index (χ4n) is 3.79. The molecule has 4 rings (SSSR count). The molecule has 0 atom stereocenters. The topological polar surface area (TPSA) is 41.3 Å². The third-order valence-corrected chi connectivity index (χ3v) is 5.10. The average molecular weight is 371 g/mol. The Bertz CT molecular complexity index is 1090. The molecule has 4 heteroatoms. The highest BCUT2D eigenvalue weighted by molar-refractivity contribution is 5.88. The molecule has 0 aliphatic carbocycles. The lowest BCUT2D eigenvalue weighted by molar-refractivity contribution is 0.417. The van der Waals surface area contributed by atoms with Gasteiger partial charge in [0.2, 0.25) is 5.88 Å². The van der Waals surface area contributed by atoms with Crippen molar-refractivity contribution in [3.8, 4) is 5.88 Å². The number of benzene rings is 2. The quantitative estimate of drug-likeness (QED) is 0.499. The number of aromatic nitrogens is 2. The Kier molecular flexibility index (Phi) is 5.02. The molecule has 0 bridgehead atoms. The zero-order valence-electron chi connectivity index (χ0n) is 16.3. The van der Waals surface area contributed by atoms with Crippen molar-refractivity contribution in [3.05, 3.63) is 89.7 Å². The predicted molar refractivity (Wildman–Crippen MR) is 115 cm³/mol. The third kappa shape index (κ3) is 3.22. The maximum Gasteiger partial charge on any atom is 0.215 e. The molecule has 2 aromatic carbocycles. The first-order valence-corrected chi connectivity index (χ1v) is 9.74. The summed E-state index contributed by atoms with van der Waals surface area (Å²) >= 11 is 0. The van der Waals surface area contributed by atoms with E-state index in [4.69, 9.17) is 0 Å². The molecule has 0 fully saturated rings. The number of pyridine rings is 1. The number of hydrogen-bond donors (Lipinski definition) is 1. The zero-order chi connectivity index (χ0) is 19.5. The van der Waals surface area contributed by atoms with Gasteiger partial charge in [-0.15, -0.1) is 0 Å². The van der Waals surface area contributed by atoms with E-state index in [0.29, 0.717) is 12.3 Å². The van der Waals surface area contributed by atoms with Crippen molar-refractivity contribution < 1.29 is 5.11 Å². The van der Waals surface area contributed by atoms with Gasteiger partial charge in [0, 0.05) is 36.3 Å². The number of anilines is 1. The van der Waals surface area contributed by atoms with Crippen molar-refractivity contribution in [3.63, 3.8) is 0 Å². The number of para-hydroxylation sites is 1. The summed E-state index contributed by atoms with van der Waals surface area (Å²) in [5.41, 5.74) is 5.28. The number of rotatable bonds is 6. The number of hydrogen-bond acceptors (Lipinski definition) is 3. The summed E-state index contributed by atoms with van der Waals surface area (Å²) in [6.07, 6.45) is 5.32. The molecule has 28 heavy (non-hydrogen) atoms. The molecule has 0 saturated heterocycles. The van der Waals surface area contributed by atoms with Gasteiger partial charge < -0.3 is 5.11 Å². The Labute approximate surface area is 165 Å². The van der Waals surface area contributed by atoms with Crippen molar-refractivity contribution in [2.24, 2.45) is 0 Å². The van der Waals surface area contributed by atoms with Gasteiger partial charge in [0.15, 0.2) is 0 Å². The Morgan fingerprint density at radius 3 is 2.50 bits per heavy atom. The Balaban J connectivity index is 1.91. The molecule has 0 saturated carbocycles. The molecule has 0 aliphatic heterocycles. The van der Waals surface area contributed by atoms with E-state index in [1.807, 2.05) is 47.3 Å². The van der Waals surface area contributed by atoms with Crippen LogP contribution in [0.5, 0.6) is 5.88 Å². The maximum absolute atomic E-state index is 11.3. The number of aryl methyl sites for hydroxylation is 1. The van der Waals surface area contributed by atoms with Gasteiger partial charge in [-0.25, -0.2) is 4.68 Å². The van der Waals surface area contributed by atoms with Gasteiger partial charge in [-0.2, -0.15) is 0 Å². The van der Waals surface area contributed by atoms with Gasteiger partial charge in [0.05, 0.1) is 11.2 Å². The van der Waals surface area contributed by atoms with Crippen molar-refractivity contribution in [2.75, 3.05) is 11.6 Å². The van der Waals surface area contributed by atoms with E-state index in [2.05, 4.69) is 48.1 Å². The molecule has 4 aromatic rings. The van der Waals surface area contributed by atoms with Crippen molar-refractivity contribution in [1.82, 2.24) is 9.66 Å². The normalized spacial score (nSPS) is 11.1. The Morgan fingerprint density at radius 1 is 1.00 bits per heavy atom.